The summed E-state index contributed by atoms with van der Waals surface area (Å²) in [4.78, 5) is 26.0. The second-order valence-electron chi connectivity index (χ2n) is 5.08. The molecule has 2 amide bonds. The van der Waals surface area contributed by atoms with E-state index < -0.39 is 0 Å². The van der Waals surface area contributed by atoms with Crippen LogP contribution in [0.25, 0.3) is 0 Å². The van der Waals surface area contributed by atoms with E-state index >= 15 is 0 Å². The molecule has 6 heteroatoms. The first-order valence-corrected chi connectivity index (χ1v) is 7.85. The number of methoxy groups -OCH3 is 2. The molecule has 0 spiro atoms. The van der Waals surface area contributed by atoms with Gasteiger partial charge in [0.25, 0.3) is 5.91 Å². The Morgan fingerprint density at radius 2 is 1.83 bits per heavy atom. The lowest BCUT2D eigenvalue weighted by Crippen LogP contribution is -2.40. The van der Waals surface area contributed by atoms with Crippen LogP contribution >= 0.6 is 0 Å². The average Bonchev–Trinajstić information content (AvgIpc) is 2.59. The Labute approximate surface area is 137 Å². The summed E-state index contributed by atoms with van der Waals surface area (Å²) in [6, 6.07) is 4.89. The van der Waals surface area contributed by atoms with Crippen molar-refractivity contribution in [2.45, 2.75) is 26.7 Å². The average molecular weight is 322 g/mol. The number of nitrogens with one attached hydrogen (secondary N) is 1. The number of hydrogen-bond acceptors (Lipinski definition) is 4. The van der Waals surface area contributed by atoms with Gasteiger partial charge in [0.2, 0.25) is 5.91 Å². The second-order valence-corrected chi connectivity index (χ2v) is 5.08. The minimum atomic E-state index is -0.314. The maximum atomic E-state index is 12.2. The summed E-state index contributed by atoms with van der Waals surface area (Å²) in [7, 11) is 3.04. The molecule has 1 aromatic carbocycles. The summed E-state index contributed by atoms with van der Waals surface area (Å²) in [6.45, 7) is 5.37. The van der Waals surface area contributed by atoms with Crippen LogP contribution in [0.3, 0.4) is 0 Å². The third-order valence-electron chi connectivity index (χ3n) is 3.56. The molecule has 1 rings (SSSR count). The largest absolute Gasteiger partial charge is 0.493 e. The number of carbonyl (C=O) groups is 2. The highest BCUT2D eigenvalue weighted by molar-refractivity contribution is 5.97. The van der Waals surface area contributed by atoms with Gasteiger partial charge in [-0.1, -0.05) is 13.3 Å². The molecule has 0 aliphatic carbocycles. The zero-order valence-electron chi connectivity index (χ0n) is 14.3. The summed E-state index contributed by atoms with van der Waals surface area (Å²) < 4.78 is 10.3. The molecule has 0 atom stereocenters. The van der Waals surface area contributed by atoms with Gasteiger partial charge >= 0.3 is 0 Å². The van der Waals surface area contributed by atoms with Crippen molar-refractivity contribution in [2.75, 3.05) is 33.9 Å². The van der Waals surface area contributed by atoms with E-state index in [0.717, 1.165) is 19.4 Å². The molecule has 0 heterocycles. The molecule has 0 fully saturated rings. The number of ether oxygens (including phenoxy) is 2. The van der Waals surface area contributed by atoms with Crippen molar-refractivity contribution in [1.82, 2.24) is 10.2 Å². The second kappa shape index (κ2) is 9.71. The monoisotopic (exact) mass is 322 g/mol. The molecule has 1 aromatic rings. The molecule has 0 unspecified atom stereocenters. The lowest BCUT2D eigenvalue weighted by atomic mass is 10.2. The van der Waals surface area contributed by atoms with Crippen LogP contribution in [0, 0.1) is 0 Å². The normalized spacial score (nSPS) is 10.1. The summed E-state index contributed by atoms with van der Waals surface area (Å²) in [6.07, 6.45) is 1.99. The Hall–Kier alpha value is -2.24. The van der Waals surface area contributed by atoms with Gasteiger partial charge in [0, 0.05) is 18.7 Å². The predicted octanol–water partition coefficient (Wildman–Crippen LogP) is 2.08. The fourth-order valence-electron chi connectivity index (χ4n) is 2.16. The van der Waals surface area contributed by atoms with Gasteiger partial charge in [-0.05, 0) is 31.5 Å². The lowest BCUT2D eigenvalue weighted by Gasteiger charge is -2.20. The van der Waals surface area contributed by atoms with Gasteiger partial charge in [0.1, 0.15) is 0 Å². The quantitative estimate of drug-likeness (QED) is 0.756. The third kappa shape index (κ3) is 5.47. The molecule has 23 heavy (non-hydrogen) atoms. The molecule has 0 radical (unpaired) electrons. The number of carbonyl (C=O) groups excluding carboxylic acids is 2. The highest BCUT2D eigenvalue weighted by atomic mass is 16.5. The van der Waals surface area contributed by atoms with Gasteiger partial charge in [-0.25, -0.2) is 0 Å². The fourth-order valence-corrected chi connectivity index (χ4v) is 2.16. The lowest BCUT2D eigenvalue weighted by molar-refractivity contribution is -0.130. The van der Waals surface area contributed by atoms with Crippen molar-refractivity contribution in [1.29, 1.82) is 0 Å². The third-order valence-corrected chi connectivity index (χ3v) is 3.56. The van der Waals surface area contributed by atoms with Gasteiger partial charge in [-0.15, -0.1) is 0 Å². The molecule has 0 aromatic heterocycles. The Balaban J connectivity index is 2.64. The SMILES string of the molecule is CCCCN(CC)C(=O)CNC(=O)c1ccc(OC)c(OC)c1. The number of unbranched alkanes of at least 4 members (excludes halogenated alkanes) is 1. The van der Waals surface area contributed by atoms with Gasteiger partial charge in [-0.2, -0.15) is 0 Å². The highest BCUT2D eigenvalue weighted by Gasteiger charge is 2.14. The van der Waals surface area contributed by atoms with Gasteiger partial charge < -0.3 is 19.7 Å². The Morgan fingerprint density at radius 1 is 1.13 bits per heavy atom. The number of hydrogen-bond donors (Lipinski definition) is 1. The van der Waals surface area contributed by atoms with E-state index in [0.29, 0.717) is 23.6 Å². The standard InChI is InChI=1S/C17H26N2O4/c1-5-7-10-19(6-2)16(20)12-18-17(21)13-8-9-14(22-3)15(11-13)23-4/h8-9,11H,5-7,10,12H2,1-4H3,(H,18,21). The van der Waals surface area contributed by atoms with Crippen LogP contribution in [0.2, 0.25) is 0 Å². The minimum absolute atomic E-state index is 0.00919. The van der Waals surface area contributed by atoms with Crippen LogP contribution in [0.15, 0.2) is 18.2 Å². The summed E-state index contributed by atoms with van der Waals surface area (Å²) in [5, 5.41) is 2.65. The van der Waals surface area contributed by atoms with Crippen LogP contribution in [-0.4, -0.2) is 50.6 Å². The van der Waals surface area contributed by atoms with E-state index in [1.165, 1.54) is 14.2 Å². The zero-order chi connectivity index (χ0) is 17.2. The smallest absolute Gasteiger partial charge is 0.251 e. The highest BCUT2D eigenvalue weighted by Crippen LogP contribution is 2.27. The first kappa shape index (κ1) is 18.8. The Bertz CT molecular complexity index is 531. The number of benzene rings is 1. The molecule has 0 aliphatic heterocycles. The molecule has 1 N–H and O–H groups in total. The molecule has 0 saturated heterocycles. The van der Waals surface area contributed by atoms with Crippen LogP contribution < -0.4 is 14.8 Å². The number of nitrogens with zero attached hydrogens (tertiary/aromatic N) is 1. The topological polar surface area (TPSA) is 67.9 Å². The molecule has 128 valence electrons. The van der Waals surface area contributed by atoms with Crippen molar-refractivity contribution < 1.29 is 19.1 Å². The van der Waals surface area contributed by atoms with Gasteiger partial charge in [0.15, 0.2) is 11.5 Å². The van der Waals surface area contributed by atoms with Crippen molar-refractivity contribution >= 4 is 11.8 Å². The summed E-state index contributed by atoms with van der Waals surface area (Å²) in [5.41, 5.74) is 0.423. The van der Waals surface area contributed by atoms with Gasteiger partial charge in [0.05, 0.1) is 20.8 Å². The van der Waals surface area contributed by atoms with Crippen LogP contribution in [0.1, 0.15) is 37.0 Å². The molecule has 6 nitrogen and oxygen atoms in total. The van der Waals surface area contributed by atoms with Crippen LogP contribution in [0.5, 0.6) is 11.5 Å². The molecule has 0 aliphatic rings. The zero-order valence-corrected chi connectivity index (χ0v) is 14.3. The van der Waals surface area contributed by atoms with Crippen molar-refractivity contribution in [2.24, 2.45) is 0 Å². The summed E-state index contributed by atoms with van der Waals surface area (Å²) >= 11 is 0. The maximum absolute atomic E-state index is 12.2. The number of amides is 2. The van der Waals surface area contributed by atoms with E-state index in [2.05, 4.69) is 12.2 Å². The Kier molecular flexibility index (Phi) is 7.94. The maximum Gasteiger partial charge on any atom is 0.251 e. The van der Waals surface area contributed by atoms with Crippen LogP contribution in [0.4, 0.5) is 0 Å². The minimum Gasteiger partial charge on any atom is -0.493 e. The van der Waals surface area contributed by atoms with Gasteiger partial charge in [-0.3, -0.25) is 9.59 Å². The first-order chi connectivity index (χ1) is 11.1. The number of rotatable bonds is 9. The van der Waals surface area contributed by atoms with E-state index in [9.17, 15) is 9.59 Å². The molecule has 0 bridgehead atoms. The first-order valence-electron chi connectivity index (χ1n) is 7.85. The van der Waals surface area contributed by atoms with Crippen molar-refractivity contribution in [3.8, 4) is 11.5 Å². The van der Waals surface area contributed by atoms with E-state index in [-0.39, 0.29) is 18.4 Å². The van der Waals surface area contributed by atoms with E-state index in [1.54, 1.807) is 23.1 Å². The number of likely N-dealkylation sites (N-methyl/N-ethyl adjacent to an activating group) is 1. The van der Waals surface area contributed by atoms with Crippen molar-refractivity contribution in [3.05, 3.63) is 23.8 Å². The van der Waals surface area contributed by atoms with E-state index in [4.69, 9.17) is 9.47 Å². The van der Waals surface area contributed by atoms with Crippen molar-refractivity contribution in [3.63, 3.8) is 0 Å². The molecular formula is C17H26N2O4. The van der Waals surface area contributed by atoms with Crippen LogP contribution in [-0.2, 0) is 4.79 Å². The molecule has 0 saturated carbocycles. The summed E-state index contributed by atoms with van der Waals surface area (Å²) in [5.74, 6) is 0.641. The van der Waals surface area contributed by atoms with E-state index in [1.807, 2.05) is 6.92 Å². The fraction of sp³-hybridized carbons (Fsp3) is 0.529. The molecular weight excluding hydrogens is 296 g/mol. The predicted molar refractivity (Wildman–Crippen MR) is 89.0 cm³/mol. The Morgan fingerprint density at radius 3 is 2.39 bits per heavy atom.